The molecule has 5 nitrogen and oxygen atoms in total. The first-order valence-electron chi connectivity index (χ1n) is 7.94. The molecule has 0 radical (unpaired) electrons. The molecule has 1 heterocycles. The van der Waals surface area contributed by atoms with Crippen molar-refractivity contribution in [3.8, 4) is 17.1 Å². The van der Waals surface area contributed by atoms with E-state index in [-0.39, 0.29) is 11.8 Å². The van der Waals surface area contributed by atoms with Crippen LogP contribution in [0.2, 0.25) is 0 Å². The summed E-state index contributed by atoms with van der Waals surface area (Å²) in [7, 11) is 1.63. The van der Waals surface area contributed by atoms with E-state index in [9.17, 15) is 4.79 Å². The molecule has 1 aromatic heterocycles. The number of methoxy groups -OCH3 is 1. The molecule has 0 atom stereocenters. The minimum atomic E-state index is -0.0258. The molecule has 0 bridgehead atoms. The zero-order chi connectivity index (χ0) is 16.8. The van der Waals surface area contributed by atoms with Crippen LogP contribution in [0.1, 0.15) is 32.9 Å². The van der Waals surface area contributed by atoms with Gasteiger partial charge in [0.25, 0.3) is 0 Å². The van der Waals surface area contributed by atoms with Crippen molar-refractivity contribution in [1.82, 2.24) is 10.1 Å². The number of para-hydroxylation sites is 1. The van der Waals surface area contributed by atoms with Crippen LogP contribution in [0.3, 0.4) is 0 Å². The molecular formula is C18H24N2O3. The SMILES string of the molecule is CCCN(Cc1cc(-c2ccccc2OC)on1)C(=O)C(C)C. The van der Waals surface area contributed by atoms with E-state index in [1.807, 2.05) is 49.1 Å². The van der Waals surface area contributed by atoms with Crippen molar-refractivity contribution in [2.45, 2.75) is 33.7 Å². The van der Waals surface area contributed by atoms with E-state index in [4.69, 9.17) is 9.26 Å². The Labute approximate surface area is 137 Å². The minimum Gasteiger partial charge on any atom is -0.496 e. The number of carbonyl (C=O) groups excluding carboxylic acids is 1. The quantitative estimate of drug-likeness (QED) is 0.780. The number of hydrogen-bond acceptors (Lipinski definition) is 4. The van der Waals surface area contributed by atoms with Gasteiger partial charge in [-0.2, -0.15) is 0 Å². The molecule has 0 spiro atoms. The van der Waals surface area contributed by atoms with Gasteiger partial charge in [0.2, 0.25) is 5.91 Å². The summed E-state index contributed by atoms with van der Waals surface area (Å²) in [6.07, 6.45) is 0.912. The number of nitrogens with zero attached hydrogens (tertiary/aromatic N) is 2. The van der Waals surface area contributed by atoms with Gasteiger partial charge in [-0.05, 0) is 18.6 Å². The maximum Gasteiger partial charge on any atom is 0.225 e. The molecule has 0 saturated heterocycles. The van der Waals surface area contributed by atoms with E-state index in [2.05, 4.69) is 12.1 Å². The molecule has 0 unspecified atom stereocenters. The second kappa shape index (κ2) is 7.81. The van der Waals surface area contributed by atoms with E-state index in [0.717, 1.165) is 23.4 Å². The highest BCUT2D eigenvalue weighted by molar-refractivity contribution is 5.78. The van der Waals surface area contributed by atoms with E-state index < -0.39 is 0 Å². The second-order valence-electron chi connectivity index (χ2n) is 5.80. The summed E-state index contributed by atoms with van der Waals surface area (Å²) in [5, 5.41) is 4.11. The molecule has 0 saturated carbocycles. The largest absolute Gasteiger partial charge is 0.496 e. The molecule has 124 valence electrons. The van der Waals surface area contributed by atoms with Crippen molar-refractivity contribution in [3.63, 3.8) is 0 Å². The van der Waals surface area contributed by atoms with Gasteiger partial charge in [-0.3, -0.25) is 4.79 Å². The molecule has 0 aliphatic heterocycles. The van der Waals surface area contributed by atoms with Gasteiger partial charge in [-0.1, -0.05) is 38.1 Å². The third kappa shape index (κ3) is 4.12. The molecule has 23 heavy (non-hydrogen) atoms. The van der Waals surface area contributed by atoms with Crippen LogP contribution in [0.4, 0.5) is 0 Å². The van der Waals surface area contributed by atoms with Crippen LogP contribution in [-0.2, 0) is 11.3 Å². The van der Waals surface area contributed by atoms with E-state index >= 15 is 0 Å². The monoisotopic (exact) mass is 316 g/mol. The first kappa shape index (κ1) is 17.1. The van der Waals surface area contributed by atoms with Crippen LogP contribution in [0, 0.1) is 5.92 Å². The number of carbonyl (C=O) groups is 1. The molecule has 0 aliphatic carbocycles. The molecule has 0 N–H and O–H groups in total. The van der Waals surface area contributed by atoms with Gasteiger partial charge >= 0.3 is 0 Å². The van der Waals surface area contributed by atoms with Gasteiger partial charge in [0.1, 0.15) is 11.4 Å². The average Bonchev–Trinajstić information content (AvgIpc) is 3.02. The Kier molecular flexibility index (Phi) is 5.79. The Morgan fingerprint density at radius 1 is 1.35 bits per heavy atom. The zero-order valence-corrected chi connectivity index (χ0v) is 14.2. The van der Waals surface area contributed by atoms with Gasteiger partial charge < -0.3 is 14.2 Å². The number of amides is 1. The molecule has 0 aliphatic rings. The Balaban J connectivity index is 2.19. The summed E-state index contributed by atoms with van der Waals surface area (Å²) in [5.41, 5.74) is 1.60. The number of benzene rings is 1. The molecular weight excluding hydrogens is 292 g/mol. The minimum absolute atomic E-state index is 0.0258. The van der Waals surface area contributed by atoms with Gasteiger partial charge in [0.15, 0.2) is 5.76 Å². The summed E-state index contributed by atoms with van der Waals surface area (Å²) in [6.45, 7) is 7.06. The Bertz CT molecular complexity index is 649. The predicted molar refractivity (Wildman–Crippen MR) is 89.0 cm³/mol. The molecule has 1 aromatic carbocycles. The van der Waals surface area contributed by atoms with Gasteiger partial charge in [-0.15, -0.1) is 0 Å². The average molecular weight is 316 g/mol. The molecule has 1 amide bonds. The Hall–Kier alpha value is -2.30. The van der Waals surface area contributed by atoms with Crippen LogP contribution in [0.15, 0.2) is 34.9 Å². The molecule has 2 rings (SSSR count). The van der Waals surface area contributed by atoms with E-state index in [1.54, 1.807) is 7.11 Å². The van der Waals surface area contributed by atoms with Gasteiger partial charge in [-0.25, -0.2) is 0 Å². The summed E-state index contributed by atoms with van der Waals surface area (Å²) in [5.74, 6) is 1.49. The highest BCUT2D eigenvalue weighted by Crippen LogP contribution is 2.30. The van der Waals surface area contributed by atoms with Crippen molar-refractivity contribution < 1.29 is 14.1 Å². The van der Waals surface area contributed by atoms with Crippen molar-refractivity contribution >= 4 is 5.91 Å². The number of rotatable bonds is 7. The summed E-state index contributed by atoms with van der Waals surface area (Å²) < 4.78 is 10.8. The van der Waals surface area contributed by atoms with Crippen molar-refractivity contribution in [2.75, 3.05) is 13.7 Å². The fourth-order valence-corrected chi connectivity index (χ4v) is 2.46. The third-order valence-electron chi connectivity index (χ3n) is 3.58. The molecule has 0 fully saturated rings. The van der Waals surface area contributed by atoms with Crippen LogP contribution >= 0.6 is 0 Å². The highest BCUT2D eigenvalue weighted by atomic mass is 16.5. The first-order chi connectivity index (χ1) is 11.1. The van der Waals surface area contributed by atoms with Crippen molar-refractivity contribution in [2.24, 2.45) is 5.92 Å². The standard InChI is InChI=1S/C18H24N2O3/c1-5-10-20(18(21)13(2)3)12-14-11-17(23-19-14)15-8-6-7-9-16(15)22-4/h6-9,11,13H,5,10,12H2,1-4H3. The van der Waals surface area contributed by atoms with Gasteiger partial charge in [0.05, 0.1) is 19.2 Å². The van der Waals surface area contributed by atoms with Crippen molar-refractivity contribution in [1.29, 1.82) is 0 Å². The summed E-state index contributed by atoms with van der Waals surface area (Å²) in [6, 6.07) is 9.50. The smallest absolute Gasteiger partial charge is 0.225 e. The van der Waals surface area contributed by atoms with Crippen LogP contribution < -0.4 is 4.74 Å². The van der Waals surface area contributed by atoms with E-state index in [0.29, 0.717) is 18.8 Å². The third-order valence-corrected chi connectivity index (χ3v) is 3.58. The van der Waals surface area contributed by atoms with Crippen LogP contribution in [-0.4, -0.2) is 29.6 Å². The molecule has 5 heteroatoms. The lowest BCUT2D eigenvalue weighted by molar-refractivity contribution is -0.135. The first-order valence-corrected chi connectivity index (χ1v) is 7.94. The van der Waals surface area contributed by atoms with E-state index in [1.165, 1.54) is 0 Å². The maximum absolute atomic E-state index is 12.3. The molecule has 2 aromatic rings. The van der Waals surface area contributed by atoms with Crippen LogP contribution in [0.5, 0.6) is 5.75 Å². The summed E-state index contributed by atoms with van der Waals surface area (Å²) in [4.78, 5) is 14.1. The lowest BCUT2D eigenvalue weighted by Crippen LogP contribution is -2.34. The lowest BCUT2D eigenvalue weighted by atomic mass is 10.1. The Morgan fingerprint density at radius 2 is 2.09 bits per heavy atom. The normalized spacial score (nSPS) is 10.8. The highest BCUT2D eigenvalue weighted by Gasteiger charge is 2.19. The zero-order valence-electron chi connectivity index (χ0n) is 14.2. The summed E-state index contributed by atoms with van der Waals surface area (Å²) >= 11 is 0. The van der Waals surface area contributed by atoms with Crippen molar-refractivity contribution in [3.05, 3.63) is 36.0 Å². The lowest BCUT2D eigenvalue weighted by Gasteiger charge is -2.22. The number of ether oxygens (including phenoxy) is 1. The Morgan fingerprint density at radius 3 is 2.74 bits per heavy atom. The number of aromatic nitrogens is 1. The second-order valence-corrected chi connectivity index (χ2v) is 5.80. The maximum atomic E-state index is 12.3. The van der Waals surface area contributed by atoms with Gasteiger partial charge in [0, 0.05) is 18.5 Å². The predicted octanol–water partition coefficient (Wildman–Crippen LogP) is 3.74. The fourth-order valence-electron chi connectivity index (χ4n) is 2.46. The van der Waals surface area contributed by atoms with Crippen LogP contribution in [0.25, 0.3) is 11.3 Å². The fraction of sp³-hybridized carbons (Fsp3) is 0.444. The topological polar surface area (TPSA) is 55.6 Å². The number of hydrogen-bond donors (Lipinski definition) is 0.